The van der Waals surface area contributed by atoms with Crippen molar-refractivity contribution in [1.82, 2.24) is 9.97 Å². The molecule has 0 unspecified atom stereocenters. The van der Waals surface area contributed by atoms with Crippen LogP contribution in [0.3, 0.4) is 0 Å². The Bertz CT molecular complexity index is 749. The van der Waals surface area contributed by atoms with Gasteiger partial charge in [0.05, 0.1) is 23.2 Å². The van der Waals surface area contributed by atoms with E-state index in [1.54, 1.807) is 7.11 Å². The van der Waals surface area contributed by atoms with Crippen molar-refractivity contribution in [1.29, 1.82) is 0 Å². The first kappa shape index (κ1) is 12.1. The lowest BCUT2D eigenvalue weighted by Crippen LogP contribution is -1.84. The average molecular weight is 273 g/mol. The number of imidazole rings is 1. The fourth-order valence-electron chi connectivity index (χ4n) is 2.07. The first-order chi connectivity index (χ1) is 9.19. The number of aromatic nitrogens is 2. The summed E-state index contributed by atoms with van der Waals surface area (Å²) >= 11 is 6.33. The van der Waals surface area contributed by atoms with Crippen LogP contribution in [-0.4, -0.2) is 17.1 Å². The van der Waals surface area contributed by atoms with E-state index in [4.69, 9.17) is 16.3 Å². The number of nitrogens with zero attached hydrogens (tertiary/aromatic N) is 1. The molecule has 0 saturated heterocycles. The molecule has 0 spiro atoms. The van der Waals surface area contributed by atoms with Crippen molar-refractivity contribution in [3.05, 3.63) is 47.0 Å². The minimum Gasteiger partial charge on any atom is -0.497 e. The predicted octanol–water partition coefficient (Wildman–Crippen LogP) is 4.20. The summed E-state index contributed by atoms with van der Waals surface area (Å²) in [4.78, 5) is 7.84. The quantitative estimate of drug-likeness (QED) is 0.759. The second-order valence-electron chi connectivity index (χ2n) is 4.40. The molecule has 2 aromatic carbocycles. The van der Waals surface area contributed by atoms with E-state index < -0.39 is 0 Å². The maximum atomic E-state index is 6.33. The number of hydrogen-bond acceptors (Lipinski definition) is 2. The van der Waals surface area contributed by atoms with Gasteiger partial charge in [-0.1, -0.05) is 23.7 Å². The minimum atomic E-state index is 0.730. The van der Waals surface area contributed by atoms with Gasteiger partial charge < -0.3 is 9.72 Å². The third-order valence-corrected chi connectivity index (χ3v) is 3.64. The van der Waals surface area contributed by atoms with E-state index in [1.807, 2.05) is 43.3 Å². The SMILES string of the molecule is COc1ccc2nc(-c3cccc(C)c3Cl)[nH]c2c1. The van der Waals surface area contributed by atoms with Crippen LogP contribution in [0.15, 0.2) is 36.4 Å². The average Bonchev–Trinajstić information content (AvgIpc) is 2.84. The number of benzene rings is 2. The first-order valence-corrected chi connectivity index (χ1v) is 6.36. The van der Waals surface area contributed by atoms with E-state index >= 15 is 0 Å². The molecule has 0 saturated carbocycles. The third kappa shape index (κ3) is 2.06. The van der Waals surface area contributed by atoms with Crippen molar-refractivity contribution in [3.8, 4) is 17.1 Å². The highest BCUT2D eigenvalue weighted by Crippen LogP contribution is 2.30. The lowest BCUT2D eigenvalue weighted by molar-refractivity contribution is 0.415. The standard InChI is InChI=1S/C15H13ClN2O/c1-9-4-3-5-11(14(9)16)15-17-12-7-6-10(19-2)8-13(12)18-15/h3-8H,1-2H3,(H,17,18). The van der Waals surface area contributed by atoms with Crippen molar-refractivity contribution in [2.75, 3.05) is 7.11 Å². The van der Waals surface area contributed by atoms with Crippen LogP contribution in [0.4, 0.5) is 0 Å². The van der Waals surface area contributed by atoms with Gasteiger partial charge in [-0.15, -0.1) is 0 Å². The summed E-state index contributed by atoms with van der Waals surface area (Å²) in [6.45, 7) is 1.98. The maximum absolute atomic E-state index is 6.33. The van der Waals surface area contributed by atoms with Gasteiger partial charge in [0.15, 0.2) is 0 Å². The van der Waals surface area contributed by atoms with Gasteiger partial charge in [0, 0.05) is 11.6 Å². The summed E-state index contributed by atoms with van der Waals surface area (Å²) in [6.07, 6.45) is 0. The molecule has 3 nitrogen and oxygen atoms in total. The second-order valence-corrected chi connectivity index (χ2v) is 4.78. The molecular formula is C15H13ClN2O. The summed E-state index contributed by atoms with van der Waals surface area (Å²) in [5.41, 5.74) is 3.79. The number of aromatic amines is 1. The van der Waals surface area contributed by atoms with Gasteiger partial charge in [-0.2, -0.15) is 0 Å². The third-order valence-electron chi connectivity index (χ3n) is 3.14. The Labute approximate surface area is 116 Å². The van der Waals surface area contributed by atoms with Gasteiger partial charge in [-0.25, -0.2) is 4.98 Å². The summed E-state index contributed by atoms with van der Waals surface area (Å²) in [5.74, 6) is 1.58. The lowest BCUT2D eigenvalue weighted by atomic mass is 10.1. The molecule has 0 radical (unpaired) electrons. The molecule has 0 aliphatic carbocycles. The van der Waals surface area contributed by atoms with E-state index in [9.17, 15) is 0 Å². The summed E-state index contributed by atoms with van der Waals surface area (Å²) in [6, 6.07) is 11.7. The molecule has 0 aliphatic heterocycles. The van der Waals surface area contributed by atoms with Crippen LogP contribution in [0.5, 0.6) is 5.75 Å². The number of H-pyrrole nitrogens is 1. The van der Waals surface area contributed by atoms with Crippen LogP contribution in [0, 0.1) is 6.92 Å². The monoisotopic (exact) mass is 272 g/mol. The highest BCUT2D eigenvalue weighted by molar-refractivity contribution is 6.34. The Balaban J connectivity index is 2.18. The van der Waals surface area contributed by atoms with Crippen molar-refractivity contribution in [2.45, 2.75) is 6.92 Å². The Morgan fingerprint density at radius 3 is 2.84 bits per heavy atom. The van der Waals surface area contributed by atoms with Gasteiger partial charge in [-0.3, -0.25) is 0 Å². The van der Waals surface area contributed by atoms with Crippen molar-refractivity contribution < 1.29 is 4.74 Å². The van der Waals surface area contributed by atoms with Crippen LogP contribution < -0.4 is 4.74 Å². The highest BCUT2D eigenvalue weighted by atomic mass is 35.5. The maximum Gasteiger partial charge on any atom is 0.140 e. The van der Waals surface area contributed by atoms with Crippen LogP contribution in [0.1, 0.15) is 5.56 Å². The van der Waals surface area contributed by atoms with Gasteiger partial charge in [0.1, 0.15) is 11.6 Å². The summed E-state index contributed by atoms with van der Waals surface area (Å²) < 4.78 is 5.21. The molecule has 1 N–H and O–H groups in total. The second kappa shape index (κ2) is 4.59. The number of rotatable bonds is 2. The molecule has 3 aromatic rings. The largest absolute Gasteiger partial charge is 0.497 e. The van der Waals surface area contributed by atoms with Gasteiger partial charge >= 0.3 is 0 Å². The van der Waals surface area contributed by atoms with Crippen LogP contribution in [-0.2, 0) is 0 Å². The highest BCUT2D eigenvalue weighted by Gasteiger charge is 2.10. The first-order valence-electron chi connectivity index (χ1n) is 5.98. The topological polar surface area (TPSA) is 37.9 Å². The number of hydrogen-bond donors (Lipinski definition) is 1. The van der Waals surface area contributed by atoms with E-state index in [-0.39, 0.29) is 0 Å². The van der Waals surface area contributed by atoms with Gasteiger partial charge in [0.2, 0.25) is 0 Å². The smallest absolute Gasteiger partial charge is 0.140 e. The van der Waals surface area contributed by atoms with E-state index in [0.29, 0.717) is 0 Å². The van der Waals surface area contributed by atoms with Crippen LogP contribution >= 0.6 is 11.6 Å². The summed E-state index contributed by atoms with van der Waals surface area (Å²) in [5, 5.41) is 0.730. The molecule has 3 rings (SSSR count). The predicted molar refractivity (Wildman–Crippen MR) is 77.8 cm³/mol. The van der Waals surface area contributed by atoms with Crippen LogP contribution in [0.2, 0.25) is 5.02 Å². The fraction of sp³-hybridized carbons (Fsp3) is 0.133. The molecule has 0 amide bonds. The molecule has 0 fully saturated rings. The Kier molecular flexibility index (Phi) is 2.91. The molecule has 4 heteroatoms. The lowest BCUT2D eigenvalue weighted by Gasteiger charge is -2.02. The Hall–Kier alpha value is -2.00. The van der Waals surface area contributed by atoms with E-state index in [1.165, 1.54) is 0 Å². The molecule has 0 bridgehead atoms. The van der Waals surface area contributed by atoms with Crippen molar-refractivity contribution >= 4 is 22.6 Å². The zero-order valence-corrected chi connectivity index (χ0v) is 11.5. The van der Waals surface area contributed by atoms with E-state index in [0.717, 1.165) is 38.8 Å². The molecule has 19 heavy (non-hydrogen) atoms. The molecule has 1 heterocycles. The van der Waals surface area contributed by atoms with E-state index in [2.05, 4.69) is 9.97 Å². The zero-order valence-electron chi connectivity index (χ0n) is 10.7. The zero-order chi connectivity index (χ0) is 13.4. The van der Waals surface area contributed by atoms with Gasteiger partial charge in [-0.05, 0) is 30.7 Å². The molecule has 1 aromatic heterocycles. The number of nitrogens with one attached hydrogen (secondary N) is 1. The molecule has 0 aliphatic rings. The van der Waals surface area contributed by atoms with Crippen LogP contribution in [0.25, 0.3) is 22.4 Å². The Morgan fingerprint density at radius 1 is 1.21 bits per heavy atom. The fourth-order valence-corrected chi connectivity index (χ4v) is 2.29. The number of aryl methyl sites for hydroxylation is 1. The number of halogens is 1. The van der Waals surface area contributed by atoms with Gasteiger partial charge in [0.25, 0.3) is 0 Å². The number of fused-ring (bicyclic) bond motifs is 1. The minimum absolute atomic E-state index is 0.730. The molecular weight excluding hydrogens is 260 g/mol. The molecule has 0 atom stereocenters. The Morgan fingerprint density at radius 2 is 2.05 bits per heavy atom. The summed E-state index contributed by atoms with van der Waals surface area (Å²) in [7, 11) is 1.65. The van der Waals surface area contributed by atoms with Crippen molar-refractivity contribution in [2.24, 2.45) is 0 Å². The van der Waals surface area contributed by atoms with Crippen molar-refractivity contribution in [3.63, 3.8) is 0 Å². The number of methoxy groups -OCH3 is 1. The molecule has 96 valence electrons. The normalized spacial score (nSPS) is 10.9. The number of ether oxygens (including phenoxy) is 1.